The number of oxazole rings is 1. The smallest absolute Gasteiger partial charge is 0.258 e. The first-order chi connectivity index (χ1) is 15.6. The van der Waals surface area contributed by atoms with E-state index in [1.54, 1.807) is 42.5 Å². The van der Waals surface area contributed by atoms with Gasteiger partial charge in [-0.25, -0.2) is 9.37 Å². The summed E-state index contributed by atoms with van der Waals surface area (Å²) in [6.07, 6.45) is 0. The number of hydrogen-bond donors (Lipinski definition) is 2. The Hall–Kier alpha value is -4.10. The van der Waals surface area contributed by atoms with Crippen molar-refractivity contribution in [2.24, 2.45) is 0 Å². The zero-order chi connectivity index (χ0) is 22.1. The number of benzene rings is 4. The zero-order valence-electron chi connectivity index (χ0n) is 16.6. The molecule has 0 saturated heterocycles. The molecule has 5 rings (SSSR count). The molecule has 0 aliphatic carbocycles. The molecule has 0 aliphatic heterocycles. The van der Waals surface area contributed by atoms with Crippen molar-refractivity contribution in [2.75, 3.05) is 5.32 Å². The Morgan fingerprint density at radius 1 is 0.938 bits per heavy atom. The highest BCUT2D eigenvalue weighted by Gasteiger charge is 2.14. The number of fused-ring (bicyclic) bond motifs is 2. The molecule has 0 atom stereocenters. The molecule has 156 valence electrons. The zero-order valence-corrected chi connectivity index (χ0v) is 17.4. The van der Waals surface area contributed by atoms with Crippen molar-refractivity contribution in [1.29, 1.82) is 0 Å². The molecule has 0 aliphatic rings. The molecule has 1 amide bonds. The number of nitrogens with one attached hydrogen (secondary N) is 2. The highest BCUT2D eigenvalue weighted by molar-refractivity contribution is 7.80. The molecule has 0 saturated carbocycles. The Morgan fingerprint density at radius 2 is 1.72 bits per heavy atom. The van der Waals surface area contributed by atoms with E-state index in [4.69, 9.17) is 16.6 Å². The van der Waals surface area contributed by atoms with Crippen molar-refractivity contribution < 1.29 is 13.6 Å². The number of halogens is 1. The lowest BCUT2D eigenvalue weighted by Gasteiger charge is -2.11. The fraction of sp³-hybridized carbons (Fsp3) is 0. The summed E-state index contributed by atoms with van der Waals surface area (Å²) in [7, 11) is 0. The number of carbonyl (C=O) groups is 1. The number of rotatable bonds is 3. The van der Waals surface area contributed by atoms with Crippen LogP contribution in [0, 0.1) is 5.82 Å². The number of thiocarbonyl (C=S) groups is 1. The molecule has 2 N–H and O–H groups in total. The lowest BCUT2D eigenvalue weighted by atomic mass is 10.0. The van der Waals surface area contributed by atoms with Gasteiger partial charge < -0.3 is 9.73 Å². The third kappa shape index (κ3) is 3.81. The van der Waals surface area contributed by atoms with Crippen molar-refractivity contribution >= 4 is 50.8 Å². The molecule has 0 fully saturated rings. The van der Waals surface area contributed by atoms with Gasteiger partial charge in [-0.3, -0.25) is 10.1 Å². The first-order valence-electron chi connectivity index (χ1n) is 9.84. The van der Waals surface area contributed by atoms with Gasteiger partial charge in [-0.05, 0) is 59.4 Å². The van der Waals surface area contributed by atoms with Gasteiger partial charge in [0, 0.05) is 11.3 Å². The fourth-order valence-electron chi connectivity index (χ4n) is 3.51. The third-order valence-electron chi connectivity index (χ3n) is 5.01. The van der Waals surface area contributed by atoms with Crippen LogP contribution in [0.3, 0.4) is 0 Å². The van der Waals surface area contributed by atoms with E-state index in [1.165, 1.54) is 6.07 Å². The molecule has 0 spiro atoms. The van der Waals surface area contributed by atoms with E-state index in [0.717, 1.165) is 10.8 Å². The molecule has 1 aromatic heterocycles. The van der Waals surface area contributed by atoms with Gasteiger partial charge in [-0.15, -0.1) is 0 Å². The Morgan fingerprint density at radius 3 is 2.59 bits per heavy atom. The molecule has 7 heteroatoms. The van der Waals surface area contributed by atoms with E-state index in [-0.39, 0.29) is 22.5 Å². The van der Waals surface area contributed by atoms with Crippen LogP contribution in [0.5, 0.6) is 0 Å². The van der Waals surface area contributed by atoms with Crippen LogP contribution < -0.4 is 10.6 Å². The highest BCUT2D eigenvalue weighted by atomic mass is 32.1. The number of aromatic nitrogens is 1. The van der Waals surface area contributed by atoms with E-state index < -0.39 is 5.82 Å². The monoisotopic (exact) mass is 441 g/mol. The standard InChI is InChI=1S/C25H16FN3O2S/c26-20-11-4-3-9-19(20)24-28-21-14-16(12-13-22(21)31-24)27-25(32)29-23(30)18-10-5-7-15-6-1-2-8-17(15)18/h1-14H,(H2,27,29,30,32). The largest absolute Gasteiger partial charge is 0.436 e. The SMILES string of the molecule is O=C(NC(=S)Nc1ccc2oc(-c3ccccc3F)nc2c1)c1cccc2ccccc12. The molecule has 1 heterocycles. The molecular weight excluding hydrogens is 425 g/mol. The van der Waals surface area contributed by atoms with E-state index in [9.17, 15) is 9.18 Å². The van der Waals surface area contributed by atoms with Gasteiger partial charge in [-0.2, -0.15) is 0 Å². The van der Waals surface area contributed by atoms with Crippen molar-refractivity contribution in [3.05, 3.63) is 96.3 Å². The van der Waals surface area contributed by atoms with Crippen LogP contribution in [0.1, 0.15) is 10.4 Å². The van der Waals surface area contributed by atoms with Crippen molar-refractivity contribution in [3.63, 3.8) is 0 Å². The molecule has 32 heavy (non-hydrogen) atoms. The summed E-state index contributed by atoms with van der Waals surface area (Å²) in [6, 6.07) is 24.7. The summed E-state index contributed by atoms with van der Waals surface area (Å²) >= 11 is 5.32. The average molecular weight is 441 g/mol. The second-order valence-electron chi connectivity index (χ2n) is 7.12. The summed E-state index contributed by atoms with van der Waals surface area (Å²) < 4.78 is 19.7. The molecular formula is C25H16FN3O2S. The Kier molecular flexibility index (Phi) is 5.09. The summed E-state index contributed by atoms with van der Waals surface area (Å²) in [5.74, 6) is -0.513. The molecule has 4 aromatic carbocycles. The molecule has 0 bridgehead atoms. The van der Waals surface area contributed by atoms with Gasteiger partial charge in [-0.1, -0.05) is 48.5 Å². The topological polar surface area (TPSA) is 67.2 Å². The maximum absolute atomic E-state index is 14.0. The highest BCUT2D eigenvalue weighted by Crippen LogP contribution is 2.27. The van der Waals surface area contributed by atoms with Crippen molar-refractivity contribution in [3.8, 4) is 11.5 Å². The van der Waals surface area contributed by atoms with Crippen LogP contribution in [0.25, 0.3) is 33.3 Å². The van der Waals surface area contributed by atoms with Gasteiger partial charge in [0.25, 0.3) is 5.91 Å². The second kappa shape index (κ2) is 8.20. The van der Waals surface area contributed by atoms with Gasteiger partial charge in [0.15, 0.2) is 10.7 Å². The quantitative estimate of drug-likeness (QED) is 0.341. The van der Waals surface area contributed by atoms with Crippen LogP contribution in [-0.4, -0.2) is 16.0 Å². The second-order valence-corrected chi connectivity index (χ2v) is 7.52. The summed E-state index contributed by atoms with van der Waals surface area (Å²) in [6.45, 7) is 0. The van der Waals surface area contributed by atoms with E-state index >= 15 is 0 Å². The van der Waals surface area contributed by atoms with Crippen LogP contribution >= 0.6 is 12.2 Å². The predicted molar refractivity (Wildman–Crippen MR) is 127 cm³/mol. The van der Waals surface area contributed by atoms with Crippen LogP contribution in [0.4, 0.5) is 10.1 Å². The number of anilines is 1. The van der Waals surface area contributed by atoms with E-state index in [2.05, 4.69) is 15.6 Å². The van der Waals surface area contributed by atoms with E-state index in [0.29, 0.717) is 22.4 Å². The van der Waals surface area contributed by atoms with Gasteiger partial charge in [0.05, 0.1) is 5.56 Å². The van der Waals surface area contributed by atoms with Crippen molar-refractivity contribution in [1.82, 2.24) is 10.3 Å². The number of nitrogens with zero attached hydrogens (tertiary/aromatic N) is 1. The molecule has 5 nitrogen and oxygen atoms in total. The molecule has 0 unspecified atom stereocenters. The third-order valence-corrected chi connectivity index (χ3v) is 5.22. The summed E-state index contributed by atoms with van der Waals surface area (Å²) in [4.78, 5) is 17.1. The van der Waals surface area contributed by atoms with E-state index in [1.807, 2.05) is 36.4 Å². The Balaban J connectivity index is 1.34. The van der Waals surface area contributed by atoms with Gasteiger partial charge >= 0.3 is 0 Å². The lowest BCUT2D eigenvalue weighted by Crippen LogP contribution is -2.34. The minimum Gasteiger partial charge on any atom is -0.436 e. The maximum Gasteiger partial charge on any atom is 0.258 e. The predicted octanol–water partition coefficient (Wildman–Crippen LogP) is 5.91. The number of carbonyl (C=O) groups excluding carboxylic acids is 1. The Bertz CT molecular complexity index is 1490. The fourth-order valence-corrected chi connectivity index (χ4v) is 3.72. The minimum absolute atomic E-state index is 0.153. The summed E-state index contributed by atoms with van der Waals surface area (Å²) in [5.41, 5.74) is 2.50. The first-order valence-corrected chi connectivity index (χ1v) is 10.2. The van der Waals surface area contributed by atoms with Gasteiger partial charge in [0.2, 0.25) is 5.89 Å². The van der Waals surface area contributed by atoms with Crippen LogP contribution in [0.15, 0.2) is 89.3 Å². The first kappa shape index (κ1) is 19.8. The van der Waals surface area contributed by atoms with Crippen molar-refractivity contribution in [2.45, 2.75) is 0 Å². The molecule has 5 aromatic rings. The minimum atomic E-state index is -0.408. The summed E-state index contributed by atoms with van der Waals surface area (Å²) in [5, 5.41) is 7.67. The maximum atomic E-state index is 14.0. The Labute approximate surface area is 187 Å². The average Bonchev–Trinajstić information content (AvgIpc) is 3.22. The van der Waals surface area contributed by atoms with Crippen LogP contribution in [-0.2, 0) is 0 Å². The lowest BCUT2D eigenvalue weighted by molar-refractivity contribution is 0.0979. The van der Waals surface area contributed by atoms with Crippen LogP contribution in [0.2, 0.25) is 0 Å². The molecule has 0 radical (unpaired) electrons. The number of amides is 1. The number of hydrogen-bond acceptors (Lipinski definition) is 4. The van der Waals surface area contributed by atoms with Gasteiger partial charge in [0.1, 0.15) is 11.3 Å². The normalized spacial score (nSPS) is 10.9.